The van der Waals surface area contributed by atoms with Crippen LogP contribution in [-0.4, -0.2) is 15.0 Å². The molecule has 14 rings (SSSR count). The van der Waals surface area contributed by atoms with Gasteiger partial charge >= 0.3 is 0 Å². The van der Waals surface area contributed by atoms with Crippen molar-refractivity contribution in [3.8, 4) is 67.5 Å². The number of nitrogens with zero attached hydrogens (tertiary/aromatic N) is 3. The average molecular weight is 774 g/mol. The minimum absolute atomic E-state index is 0.0823. The Morgan fingerprint density at radius 2 is 0.983 bits per heavy atom. The molecule has 4 fully saturated rings. The van der Waals surface area contributed by atoms with E-state index in [1.54, 1.807) is 11.1 Å². The van der Waals surface area contributed by atoms with Gasteiger partial charge in [0, 0.05) is 32.9 Å². The van der Waals surface area contributed by atoms with E-state index in [2.05, 4.69) is 116 Å². The van der Waals surface area contributed by atoms with Crippen molar-refractivity contribution in [2.24, 2.45) is 23.7 Å². The quantitative estimate of drug-likeness (QED) is 0.175. The lowest BCUT2D eigenvalue weighted by atomic mass is 9.43. The molecule has 0 radical (unpaired) electrons. The predicted molar refractivity (Wildman–Crippen MR) is 242 cm³/mol. The van der Waals surface area contributed by atoms with Crippen LogP contribution < -0.4 is 0 Å². The van der Waals surface area contributed by atoms with Crippen molar-refractivity contribution in [1.29, 1.82) is 0 Å². The lowest BCUT2D eigenvalue weighted by molar-refractivity contribution is -0.0399. The van der Waals surface area contributed by atoms with E-state index in [9.17, 15) is 0 Å². The monoisotopic (exact) mass is 773 g/mol. The van der Waals surface area contributed by atoms with Gasteiger partial charge in [0.2, 0.25) is 0 Å². The molecule has 0 N–H and O–H groups in total. The molecule has 0 unspecified atom stereocenters. The second kappa shape index (κ2) is 12.9. The van der Waals surface area contributed by atoms with Crippen LogP contribution in [0, 0.1) is 30.6 Å². The van der Waals surface area contributed by atoms with Gasteiger partial charge in [-0.25, -0.2) is 15.0 Å². The molecule has 288 valence electrons. The third-order valence-electron chi connectivity index (χ3n) is 14.7. The van der Waals surface area contributed by atoms with Crippen molar-refractivity contribution in [3.05, 3.63) is 174 Å². The molecule has 1 spiro atoms. The van der Waals surface area contributed by atoms with E-state index in [0.717, 1.165) is 67.2 Å². The van der Waals surface area contributed by atoms with Crippen molar-refractivity contribution >= 4 is 21.9 Å². The van der Waals surface area contributed by atoms with Crippen LogP contribution in [0.15, 0.2) is 162 Å². The molecule has 7 aromatic carbocycles. The predicted octanol–water partition coefficient (Wildman–Crippen LogP) is 14.1. The Hall–Kier alpha value is -6.65. The molecule has 0 aliphatic heterocycles. The number of hydrogen-bond acceptors (Lipinski definition) is 4. The molecule has 5 aliphatic rings. The summed E-state index contributed by atoms with van der Waals surface area (Å²) in [4.78, 5) is 15.5. The van der Waals surface area contributed by atoms with Gasteiger partial charge in [-0.1, -0.05) is 121 Å². The minimum atomic E-state index is 0.0823. The van der Waals surface area contributed by atoms with Gasteiger partial charge in [-0.15, -0.1) is 0 Å². The van der Waals surface area contributed by atoms with Crippen molar-refractivity contribution in [1.82, 2.24) is 15.0 Å². The summed E-state index contributed by atoms with van der Waals surface area (Å²) in [6.07, 6.45) is 6.90. The Morgan fingerprint density at radius 1 is 0.417 bits per heavy atom. The first-order chi connectivity index (χ1) is 29.5. The van der Waals surface area contributed by atoms with Gasteiger partial charge in [0.05, 0.1) is 0 Å². The van der Waals surface area contributed by atoms with E-state index in [1.165, 1.54) is 54.4 Å². The fourth-order valence-electron chi connectivity index (χ4n) is 12.4. The maximum absolute atomic E-state index is 6.28. The Labute approximate surface area is 350 Å². The molecule has 4 bridgehead atoms. The van der Waals surface area contributed by atoms with Crippen LogP contribution in [0.1, 0.15) is 48.8 Å². The number of para-hydroxylation sites is 1. The highest BCUT2D eigenvalue weighted by atomic mass is 16.3. The summed E-state index contributed by atoms with van der Waals surface area (Å²) in [5.74, 6) is 5.16. The van der Waals surface area contributed by atoms with Crippen LogP contribution in [-0.2, 0) is 5.41 Å². The van der Waals surface area contributed by atoms with E-state index in [1.807, 2.05) is 48.5 Å². The standard InChI is InChI=1S/C56H43N3O/c1-33-16-20-49-47(22-33)45-19-17-39(32-50(45)56(49)43-24-34-23-35(26-43)27-44(56)25-34)41-28-40(38-18-21-52-48(31-38)46-14-8-9-15-51(46)60-52)29-42(30-41)55-58-53(36-10-4-2-5-11-36)57-54(59-55)37-12-6-3-7-13-37/h2-22,28-32,34-35,43-44H,23-27H2,1H3. The summed E-state index contributed by atoms with van der Waals surface area (Å²) in [5.41, 5.74) is 16.8. The maximum Gasteiger partial charge on any atom is 0.164 e. The summed E-state index contributed by atoms with van der Waals surface area (Å²) in [6.45, 7) is 2.25. The summed E-state index contributed by atoms with van der Waals surface area (Å²) in [7, 11) is 0. The molecular formula is C56H43N3O. The fourth-order valence-corrected chi connectivity index (χ4v) is 12.4. The Morgan fingerprint density at radius 3 is 1.67 bits per heavy atom. The third-order valence-corrected chi connectivity index (χ3v) is 14.7. The zero-order valence-corrected chi connectivity index (χ0v) is 33.6. The van der Waals surface area contributed by atoms with Crippen molar-refractivity contribution < 1.29 is 4.42 Å². The summed E-state index contributed by atoms with van der Waals surface area (Å²) < 4.78 is 6.28. The zero-order chi connectivity index (χ0) is 39.5. The van der Waals surface area contributed by atoms with Crippen LogP contribution in [0.4, 0.5) is 0 Å². The highest BCUT2D eigenvalue weighted by molar-refractivity contribution is 6.06. The first-order valence-electron chi connectivity index (χ1n) is 21.8. The molecule has 9 aromatic rings. The van der Waals surface area contributed by atoms with E-state index >= 15 is 0 Å². The lowest BCUT2D eigenvalue weighted by Gasteiger charge is -2.61. The third kappa shape index (κ3) is 5.13. The first-order valence-corrected chi connectivity index (χ1v) is 21.8. The Kier molecular flexibility index (Phi) is 7.37. The van der Waals surface area contributed by atoms with Crippen LogP contribution >= 0.6 is 0 Å². The molecule has 60 heavy (non-hydrogen) atoms. The molecule has 4 saturated carbocycles. The highest BCUT2D eigenvalue weighted by Crippen LogP contribution is 2.69. The SMILES string of the molecule is Cc1ccc2c(c1)-c1ccc(-c3cc(-c4ccc5oc6ccccc6c5c4)cc(-c4nc(-c5ccccc5)nc(-c5ccccc5)n4)c3)cc1C21C2CC3CC(C2)CC1C3. The van der Waals surface area contributed by atoms with Gasteiger partial charge in [-0.05, 0) is 150 Å². The second-order valence-electron chi connectivity index (χ2n) is 18.1. The second-order valence-corrected chi connectivity index (χ2v) is 18.1. The van der Waals surface area contributed by atoms with E-state index in [0.29, 0.717) is 29.3 Å². The van der Waals surface area contributed by atoms with Crippen LogP contribution in [0.2, 0.25) is 0 Å². The van der Waals surface area contributed by atoms with E-state index in [-0.39, 0.29) is 5.41 Å². The van der Waals surface area contributed by atoms with Gasteiger partial charge in [0.15, 0.2) is 17.5 Å². The Balaban J connectivity index is 1.04. The number of aromatic nitrogens is 3. The van der Waals surface area contributed by atoms with Crippen molar-refractivity contribution in [2.45, 2.75) is 44.4 Å². The number of rotatable bonds is 5. The number of fused-ring (bicyclic) bond motifs is 6. The fraction of sp³-hybridized carbons (Fsp3) is 0.196. The van der Waals surface area contributed by atoms with Crippen molar-refractivity contribution in [2.75, 3.05) is 0 Å². The van der Waals surface area contributed by atoms with Crippen molar-refractivity contribution in [3.63, 3.8) is 0 Å². The van der Waals surface area contributed by atoms with Gasteiger partial charge < -0.3 is 4.42 Å². The van der Waals surface area contributed by atoms with Gasteiger partial charge in [0.25, 0.3) is 0 Å². The molecule has 0 amide bonds. The molecule has 0 atom stereocenters. The number of hydrogen-bond donors (Lipinski definition) is 0. The molecule has 4 heteroatoms. The maximum atomic E-state index is 6.28. The van der Waals surface area contributed by atoms with Gasteiger partial charge in [-0.3, -0.25) is 0 Å². The average Bonchev–Trinajstić information content (AvgIpc) is 3.81. The molecule has 2 heterocycles. The number of furan rings is 1. The topological polar surface area (TPSA) is 51.8 Å². The summed E-state index contributed by atoms with van der Waals surface area (Å²) in [6, 6.07) is 57.1. The lowest BCUT2D eigenvalue weighted by Crippen LogP contribution is -2.55. The number of benzene rings is 7. The summed E-state index contributed by atoms with van der Waals surface area (Å²) >= 11 is 0. The normalized spacial score (nSPS) is 22.1. The molecule has 4 nitrogen and oxygen atoms in total. The molecular weight excluding hydrogens is 731 g/mol. The Bertz CT molecular complexity index is 3100. The highest BCUT2D eigenvalue weighted by Gasteiger charge is 2.61. The van der Waals surface area contributed by atoms with Crippen LogP contribution in [0.5, 0.6) is 0 Å². The van der Waals surface area contributed by atoms with Gasteiger partial charge in [0.1, 0.15) is 11.2 Å². The minimum Gasteiger partial charge on any atom is -0.456 e. The van der Waals surface area contributed by atoms with E-state index < -0.39 is 0 Å². The first kappa shape index (κ1) is 34.2. The largest absolute Gasteiger partial charge is 0.456 e. The summed E-state index contributed by atoms with van der Waals surface area (Å²) in [5, 5.41) is 2.24. The van der Waals surface area contributed by atoms with Crippen LogP contribution in [0.25, 0.3) is 89.5 Å². The van der Waals surface area contributed by atoms with Gasteiger partial charge in [-0.2, -0.15) is 0 Å². The molecule has 2 aromatic heterocycles. The zero-order valence-electron chi connectivity index (χ0n) is 33.6. The smallest absolute Gasteiger partial charge is 0.164 e. The number of aryl methyl sites for hydroxylation is 1. The van der Waals surface area contributed by atoms with E-state index in [4.69, 9.17) is 19.4 Å². The molecule has 5 aliphatic carbocycles. The van der Waals surface area contributed by atoms with Crippen LogP contribution in [0.3, 0.4) is 0 Å². The molecule has 0 saturated heterocycles.